The van der Waals surface area contributed by atoms with Crippen LogP contribution in [0.15, 0.2) is 29.2 Å². The van der Waals surface area contributed by atoms with Gasteiger partial charge in [0, 0.05) is 31.9 Å². The first-order valence-corrected chi connectivity index (χ1v) is 11.8. The summed E-state index contributed by atoms with van der Waals surface area (Å²) in [5.41, 5.74) is 0.497. The number of anilines is 1. The molecule has 0 atom stereocenters. The molecular weight excluding hydrogens is 424 g/mol. The van der Waals surface area contributed by atoms with Gasteiger partial charge in [-0.25, -0.2) is 8.42 Å². The maximum absolute atomic E-state index is 12.8. The largest absolute Gasteiger partial charge is 0.466 e. The molecule has 2 fully saturated rings. The first-order chi connectivity index (χ1) is 14.8. The van der Waals surface area contributed by atoms with E-state index in [1.165, 1.54) is 12.1 Å². The van der Waals surface area contributed by atoms with Crippen molar-refractivity contribution in [1.82, 2.24) is 14.5 Å². The quantitative estimate of drug-likeness (QED) is 0.559. The molecule has 2 heterocycles. The molecule has 0 unspecified atom stereocenters. The molecule has 3 rings (SSSR count). The maximum atomic E-state index is 12.8. The highest BCUT2D eigenvalue weighted by Gasteiger charge is 2.30. The Morgan fingerprint density at radius 2 is 1.97 bits per heavy atom. The SMILES string of the molecule is CCOC(=O)C1CCN(C(=O)CNc2cccc(S(=O)(=O)N3CCNC(=O)C3)c2)CC1. The number of amides is 2. The van der Waals surface area contributed by atoms with Gasteiger partial charge in [-0.3, -0.25) is 14.4 Å². The van der Waals surface area contributed by atoms with E-state index in [0.29, 0.717) is 38.2 Å². The molecule has 11 heteroatoms. The van der Waals surface area contributed by atoms with E-state index in [4.69, 9.17) is 4.74 Å². The Balaban J connectivity index is 1.55. The Kier molecular flexibility index (Phi) is 7.50. The fraction of sp³-hybridized carbons (Fsp3) is 0.550. The van der Waals surface area contributed by atoms with Crippen LogP contribution in [0.1, 0.15) is 19.8 Å². The second kappa shape index (κ2) is 10.1. The van der Waals surface area contributed by atoms with Gasteiger partial charge in [-0.15, -0.1) is 0 Å². The molecule has 0 aliphatic carbocycles. The summed E-state index contributed by atoms with van der Waals surface area (Å²) in [5.74, 6) is -0.836. The lowest BCUT2D eigenvalue weighted by molar-refractivity contribution is -0.151. The Hall–Kier alpha value is -2.66. The molecule has 2 amide bonds. The highest BCUT2D eigenvalue weighted by atomic mass is 32.2. The number of likely N-dealkylation sites (tertiary alicyclic amines) is 1. The van der Waals surface area contributed by atoms with Gasteiger partial charge in [0.25, 0.3) is 0 Å². The highest BCUT2D eigenvalue weighted by Crippen LogP contribution is 2.21. The Bertz CT molecular complexity index is 927. The number of esters is 1. The molecule has 1 aromatic carbocycles. The number of carbonyl (C=O) groups is 3. The van der Waals surface area contributed by atoms with Crippen LogP contribution in [0.25, 0.3) is 0 Å². The summed E-state index contributed by atoms with van der Waals surface area (Å²) in [7, 11) is -3.80. The summed E-state index contributed by atoms with van der Waals surface area (Å²) in [5, 5.41) is 5.58. The normalized spacial score (nSPS) is 18.4. The van der Waals surface area contributed by atoms with Crippen molar-refractivity contribution in [1.29, 1.82) is 0 Å². The number of carbonyl (C=O) groups excluding carboxylic acids is 3. The second-order valence-electron chi connectivity index (χ2n) is 7.48. The molecule has 2 saturated heterocycles. The third-order valence-electron chi connectivity index (χ3n) is 5.39. The zero-order valence-electron chi connectivity index (χ0n) is 17.5. The van der Waals surface area contributed by atoms with Crippen LogP contribution in [0, 0.1) is 5.92 Å². The lowest BCUT2D eigenvalue weighted by atomic mass is 9.97. The molecule has 0 spiro atoms. The highest BCUT2D eigenvalue weighted by molar-refractivity contribution is 7.89. The van der Waals surface area contributed by atoms with Crippen LogP contribution < -0.4 is 10.6 Å². The van der Waals surface area contributed by atoms with E-state index in [2.05, 4.69) is 10.6 Å². The van der Waals surface area contributed by atoms with Crippen molar-refractivity contribution in [2.45, 2.75) is 24.7 Å². The summed E-state index contributed by atoms with van der Waals surface area (Å²) in [4.78, 5) is 37.6. The molecule has 170 valence electrons. The van der Waals surface area contributed by atoms with Gasteiger partial charge in [0.1, 0.15) is 0 Å². The summed E-state index contributed by atoms with van der Waals surface area (Å²) in [6.45, 7) is 3.38. The van der Waals surface area contributed by atoms with Crippen molar-refractivity contribution in [2.24, 2.45) is 5.92 Å². The van der Waals surface area contributed by atoms with Crippen molar-refractivity contribution in [3.63, 3.8) is 0 Å². The van der Waals surface area contributed by atoms with Gasteiger partial charge in [0.05, 0.1) is 30.5 Å². The van der Waals surface area contributed by atoms with Crippen LogP contribution >= 0.6 is 0 Å². The van der Waals surface area contributed by atoms with Crippen molar-refractivity contribution in [3.8, 4) is 0 Å². The number of rotatable bonds is 7. The lowest BCUT2D eigenvalue weighted by Crippen LogP contribution is -2.49. The molecule has 0 bridgehead atoms. The first kappa shape index (κ1) is 23.0. The topological polar surface area (TPSA) is 125 Å². The Morgan fingerprint density at radius 1 is 1.23 bits per heavy atom. The van der Waals surface area contributed by atoms with Gasteiger partial charge < -0.3 is 20.3 Å². The molecule has 2 aliphatic heterocycles. The summed E-state index contributed by atoms with van der Waals surface area (Å²) < 4.78 is 31.8. The van der Waals surface area contributed by atoms with E-state index >= 15 is 0 Å². The van der Waals surface area contributed by atoms with Crippen LogP contribution in [0.2, 0.25) is 0 Å². The fourth-order valence-corrected chi connectivity index (χ4v) is 5.09. The molecule has 2 aliphatic rings. The van der Waals surface area contributed by atoms with Gasteiger partial charge in [-0.2, -0.15) is 4.31 Å². The second-order valence-corrected chi connectivity index (χ2v) is 9.41. The van der Waals surface area contributed by atoms with E-state index in [9.17, 15) is 22.8 Å². The molecule has 2 N–H and O–H groups in total. The van der Waals surface area contributed by atoms with Crippen molar-refractivity contribution >= 4 is 33.5 Å². The van der Waals surface area contributed by atoms with Gasteiger partial charge >= 0.3 is 5.97 Å². The van der Waals surface area contributed by atoms with E-state index < -0.39 is 10.0 Å². The summed E-state index contributed by atoms with van der Waals surface area (Å²) in [6.07, 6.45) is 1.14. The van der Waals surface area contributed by atoms with Crippen LogP contribution in [-0.4, -0.2) is 81.3 Å². The first-order valence-electron chi connectivity index (χ1n) is 10.4. The van der Waals surface area contributed by atoms with Crippen molar-refractivity contribution in [2.75, 3.05) is 51.2 Å². The minimum atomic E-state index is -3.80. The molecular formula is C20H28N4O6S. The van der Waals surface area contributed by atoms with E-state index in [1.807, 2.05) is 0 Å². The Labute approximate surface area is 182 Å². The zero-order chi connectivity index (χ0) is 22.4. The third-order valence-corrected chi connectivity index (χ3v) is 7.23. The standard InChI is InChI=1S/C20H28N4O6S/c1-2-30-20(27)15-6-9-23(10-7-15)19(26)13-22-16-4-3-5-17(12-16)31(28,29)24-11-8-21-18(25)14-24/h3-5,12,15,22H,2,6-11,13-14H2,1H3,(H,21,25). The lowest BCUT2D eigenvalue weighted by Gasteiger charge is -2.31. The molecule has 10 nitrogen and oxygen atoms in total. The van der Waals surface area contributed by atoms with Crippen LogP contribution in [0.3, 0.4) is 0 Å². The third kappa shape index (κ3) is 5.73. The minimum absolute atomic E-state index is 0.0136. The number of benzene rings is 1. The molecule has 0 radical (unpaired) electrons. The average Bonchev–Trinajstić information content (AvgIpc) is 2.78. The van der Waals surface area contributed by atoms with Crippen molar-refractivity contribution in [3.05, 3.63) is 24.3 Å². The summed E-state index contributed by atoms with van der Waals surface area (Å²) in [6, 6.07) is 6.20. The van der Waals surface area contributed by atoms with Crippen molar-refractivity contribution < 1.29 is 27.5 Å². The molecule has 1 aromatic rings. The number of hydrogen-bond donors (Lipinski definition) is 2. The van der Waals surface area contributed by atoms with E-state index in [1.54, 1.807) is 24.0 Å². The Morgan fingerprint density at radius 3 is 2.65 bits per heavy atom. The number of piperazine rings is 1. The average molecular weight is 453 g/mol. The van der Waals surface area contributed by atoms with Gasteiger partial charge in [0.15, 0.2) is 0 Å². The predicted octanol–water partition coefficient (Wildman–Crippen LogP) is 0.0207. The van der Waals surface area contributed by atoms with Gasteiger partial charge in [-0.05, 0) is 38.0 Å². The maximum Gasteiger partial charge on any atom is 0.309 e. The molecule has 0 aromatic heterocycles. The number of hydrogen-bond acceptors (Lipinski definition) is 7. The van der Waals surface area contributed by atoms with Gasteiger partial charge in [-0.1, -0.05) is 6.07 Å². The molecule has 31 heavy (non-hydrogen) atoms. The number of nitrogens with zero attached hydrogens (tertiary/aromatic N) is 2. The van der Waals surface area contributed by atoms with E-state index in [-0.39, 0.29) is 54.8 Å². The zero-order valence-corrected chi connectivity index (χ0v) is 18.3. The van der Waals surface area contributed by atoms with Crippen LogP contribution in [0.4, 0.5) is 5.69 Å². The number of sulfonamides is 1. The number of nitrogens with one attached hydrogen (secondary N) is 2. The minimum Gasteiger partial charge on any atom is -0.466 e. The number of ether oxygens (including phenoxy) is 1. The van der Waals surface area contributed by atoms with E-state index in [0.717, 1.165) is 4.31 Å². The monoisotopic (exact) mass is 452 g/mol. The van der Waals surface area contributed by atoms with Crippen LogP contribution in [0.5, 0.6) is 0 Å². The molecule has 0 saturated carbocycles. The summed E-state index contributed by atoms with van der Waals surface area (Å²) >= 11 is 0. The smallest absolute Gasteiger partial charge is 0.309 e. The van der Waals surface area contributed by atoms with Gasteiger partial charge in [0.2, 0.25) is 21.8 Å². The van der Waals surface area contributed by atoms with Crippen LogP contribution in [-0.2, 0) is 29.1 Å². The fourth-order valence-electron chi connectivity index (χ4n) is 3.65. The predicted molar refractivity (Wildman–Crippen MR) is 113 cm³/mol. The number of piperidine rings is 1.